The molecule has 116 valence electrons. The highest BCUT2D eigenvalue weighted by Crippen LogP contribution is 2.15. The van der Waals surface area contributed by atoms with Gasteiger partial charge in [0.1, 0.15) is 11.4 Å². The quantitative estimate of drug-likeness (QED) is 0.642. The summed E-state index contributed by atoms with van der Waals surface area (Å²) in [6.07, 6.45) is 0. The molecule has 0 fully saturated rings. The van der Waals surface area contributed by atoms with E-state index in [4.69, 9.17) is 10.8 Å². The number of carboxylic acid groups (broad SMARTS) is 1. The molecule has 0 aliphatic carbocycles. The highest BCUT2D eigenvalue weighted by molar-refractivity contribution is 5.96. The third-order valence-electron chi connectivity index (χ3n) is 3.41. The Morgan fingerprint density at radius 1 is 1.26 bits per heavy atom. The van der Waals surface area contributed by atoms with Crippen molar-refractivity contribution < 1.29 is 9.90 Å². The molecule has 4 N–H and O–H groups in total. The molecule has 3 rings (SSSR count). The van der Waals surface area contributed by atoms with E-state index < -0.39 is 17.2 Å². The van der Waals surface area contributed by atoms with Crippen molar-refractivity contribution in [3.05, 3.63) is 68.4 Å². The van der Waals surface area contributed by atoms with Gasteiger partial charge >= 0.3 is 11.7 Å². The number of aromatic amines is 1. The molecular formula is C15H12N4O4. The van der Waals surface area contributed by atoms with Crippen LogP contribution >= 0.6 is 0 Å². The standard InChI is InChI=1S/C15H12N4O4/c16-11-9(14(21)22)6-10-12(17-11)19(15(23)18-13(10)20)7-8-4-2-1-3-5-8/h1-6H,7H2,(H2,16,17)(H,21,22)(H,18,20,23). The number of aromatic carboxylic acids is 1. The zero-order chi connectivity index (χ0) is 16.6. The smallest absolute Gasteiger partial charge is 0.339 e. The van der Waals surface area contributed by atoms with Gasteiger partial charge < -0.3 is 10.8 Å². The zero-order valence-corrected chi connectivity index (χ0v) is 11.8. The normalized spacial score (nSPS) is 10.8. The van der Waals surface area contributed by atoms with Crippen LogP contribution < -0.4 is 17.0 Å². The fourth-order valence-electron chi connectivity index (χ4n) is 2.30. The molecule has 2 heterocycles. The lowest BCUT2D eigenvalue weighted by Crippen LogP contribution is -2.31. The average Bonchev–Trinajstić information content (AvgIpc) is 2.51. The van der Waals surface area contributed by atoms with Gasteiger partial charge in [-0.25, -0.2) is 14.6 Å². The largest absolute Gasteiger partial charge is 0.478 e. The number of carbonyl (C=O) groups is 1. The SMILES string of the molecule is Nc1nc2c(cc1C(=O)O)c(=O)[nH]c(=O)n2Cc1ccccc1. The summed E-state index contributed by atoms with van der Waals surface area (Å²) in [5.41, 5.74) is 4.88. The highest BCUT2D eigenvalue weighted by atomic mass is 16.4. The van der Waals surface area contributed by atoms with Crippen LogP contribution in [0.25, 0.3) is 11.0 Å². The van der Waals surface area contributed by atoms with Crippen LogP contribution in [0.1, 0.15) is 15.9 Å². The van der Waals surface area contributed by atoms with E-state index in [2.05, 4.69) is 9.97 Å². The second-order valence-corrected chi connectivity index (χ2v) is 4.93. The molecule has 0 amide bonds. The number of nitrogens with zero attached hydrogens (tertiary/aromatic N) is 2. The van der Waals surface area contributed by atoms with Crippen LogP contribution in [0.4, 0.5) is 5.82 Å². The van der Waals surface area contributed by atoms with Gasteiger partial charge in [0.25, 0.3) is 5.56 Å². The first-order valence-electron chi connectivity index (χ1n) is 6.68. The van der Waals surface area contributed by atoms with Crippen LogP contribution in [0.15, 0.2) is 46.0 Å². The van der Waals surface area contributed by atoms with Crippen LogP contribution in [0.5, 0.6) is 0 Å². The van der Waals surface area contributed by atoms with Gasteiger partial charge in [-0.15, -0.1) is 0 Å². The van der Waals surface area contributed by atoms with Crippen molar-refractivity contribution in [3.8, 4) is 0 Å². The van der Waals surface area contributed by atoms with Crippen molar-refractivity contribution in [2.75, 3.05) is 5.73 Å². The molecule has 0 atom stereocenters. The summed E-state index contributed by atoms with van der Waals surface area (Å²) in [6, 6.07) is 10.2. The number of nitrogens with two attached hydrogens (primary N) is 1. The predicted octanol–water partition coefficient (Wildman–Crippen LogP) is 0.413. The number of carboxylic acids is 1. The molecule has 3 aromatic rings. The summed E-state index contributed by atoms with van der Waals surface area (Å²) in [7, 11) is 0. The number of rotatable bonds is 3. The van der Waals surface area contributed by atoms with Crippen LogP contribution in [0.3, 0.4) is 0 Å². The summed E-state index contributed by atoms with van der Waals surface area (Å²) >= 11 is 0. The minimum Gasteiger partial charge on any atom is -0.478 e. The number of nitrogen functional groups attached to an aromatic ring is 1. The first kappa shape index (κ1) is 14.5. The van der Waals surface area contributed by atoms with Crippen LogP contribution in [-0.4, -0.2) is 25.6 Å². The van der Waals surface area contributed by atoms with Gasteiger partial charge in [0.15, 0.2) is 5.65 Å². The summed E-state index contributed by atoms with van der Waals surface area (Å²) in [5, 5.41) is 9.07. The topological polar surface area (TPSA) is 131 Å². The maximum atomic E-state index is 12.1. The van der Waals surface area contributed by atoms with Crippen molar-refractivity contribution in [3.63, 3.8) is 0 Å². The van der Waals surface area contributed by atoms with E-state index in [-0.39, 0.29) is 29.0 Å². The minimum atomic E-state index is -1.29. The molecule has 0 aliphatic rings. The molecule has 0 saturated carbocycles. The Kier molecular flexibility index (Phi) is 3.41. The number of H-pyrrole nitrogens is 1. The lowest BCUT2D eigenvalue weighted by Gasteiger charge is -2.10. The number of hydrogen-bond donors (Lipinski definition) is 3. The average molecular weight is 312 g/mol. The number of aromatic nitrogens is 3. The van der Waals surface area contributed by atoms with Gasteiger partial charge in [-0.1, -0.05) is 30.3 Å². The van der Waals surface area contributed by atoms with Crippen molar-refractivity contribution >= 4 is 22.8 Å². The second kappa shape index (κ2) is 5.41. The van der Waals surface area contributed by atoms with E-state index in [0.717, 1.165) is 11.6 Å². The Morgan fingerprint density at radius 3 is 2.61 bits per heavy atom. The number of benzene rings is 1. The number of hydrogen-bond acceptors (Lipinski definition) is 5. The van der Waals surface area contributed by atoms with E-state index in [9.17, 15) is 14.4 Å². The lowest BCUT2D eigenvalue weighted by atomic mass is 10.2. The number of anilines is 1. The van der Waals surface area contributed by atoms with Crippen molar-refractivity contribution in [2.24, 2.45) is 0 Å². The van der Waals surface area contributed by atoms with Gasteiger partial charge in [0, 0.05) is 0 Å². The molecule has 2 aromatic heterocycles. The maximum Gasteiger partial charge on any atom is 0.339 e. The fourth-order valence-corrected chi connectivity index (χ4v) is 2.30. The van der Waals surface area contributed by atoms with Gasteiger partial charge in [-0.3, -0.25) is 14.3 Å². The molecule has 8 nitrogen and oxygen atoms in total. The predicted molar refractivity (Wildman–Crippen MR) is 83.5 cm³/mol. The molecule has 8 heteroatoms. The Hall–Kier alpha value is -3.42. The molecule has 23 heavy (non-hydrogen) atoms. The highest BCUT2D eigenvalue weighted by Gasteiger charge is 2.16. The Morgan fingerprint density at radius 2 is 1.96 bits per heavy atom. The third-order valence-corrected chi connectivity index (χ3v) is 3.41. The van der Waals surface area contributed by atoms with E-state index in [1.807, 2.05) is 30.3 Å². The first-order valence-corrected chi connectivity index (χ1v) is 6.68. The molecule has 0 unspecified atom stereocenters. The van der Waals surface area contributed by atoms with Crippen molar-refractivity contribution in [2.45, 2.75) is 6.54 Å². The Bertz CT molecular complexity index is 1020. The van der Waals surface area contributed by atoms with E-state index in [1.54, 1.807) is 0 Å². The molecule has 0 saturated heterocycles. The van der Waals surface area contributed by atoms with E-state index in [0.29, 0.717) is 0 Å². The second-order valence-electron chi connectivity index (χ2n) is 4.93. The Balaban J connectivity index is 2.30. The molecule has 0 bridgehead atoms. The van der Waals surface area contributed by atoms with Gasteiger partial charge in [0.2, 0.25) is 0 Å². The number of fused-ring (bicyclic) bond motifs is 1. The third kappa shape index (κ3) is 2.57. The summed E-state index contributed by atoms with van der Waals surface area (Å²) in [5.74, 6) is -1.55. The van der Waals surface area contributed by atoms with Gasteiger partial charge in [-0.05, 0) is 11.6 Å². The maximum absolute atomic E-state index is 12.1. The summed E-state index contributed by atoms with van der Waals surface area (Å²) in [6.45, 7) is 0.172. The first-order chi connectivity index (χ1) is 11.0. The van der Waals surface area contributed by atoms with Gasteiger partial charge in [-0.2, -0.15) is 0 Å². The van der Waals surface area contributed by atoms with Crippen LogP contribution in [0.2, 0.25) is 0 Å². The lowest BCUT2D eigenvalue weighted by molar-refractivity contribution is 0.0698. The Labute approximate surface area is 128 Å². The van der Waals surface area contributed by atoms with Crippen molar-refractivity contribution in [1.82, 2.24) is 14.5 Å². The summed E-state index contributed by atoms with van der Waals surface area (Å²) in [4.78, 5) is 41.3. The number of nitrogens with one attached hydrogen (secondary N) is 1. The molecule has 0 radical (unpaired) electrons. The van der Waals surface area contributed by atoms with Crippen LogP contribution in [0, 0.1) is 0 Å². The summed E-state index contributed by atoms with van der Waals surface area (Å²) < 4.78 is 1.24. The monoisotopic (exact) mass is 312 g/mol. The minimum absolute atomic E-state index is 0.00729. The molecule has 0 spiro atoms. The van der Waals surface area contributed by atoms with Crippen molar-refractivity contribution in [1.29, 1.82) is 0 Å². The van der Waals surface area contributed by atoms with E-state index in [1.165, 1.54) is 4.57 Å². The van der Waals surface area contributed by atoms with Crippen LogP contribution in [-0.2, 0) is 6.54 Å². The fraction of sp³-hybridized carbons (Fsp3) is 0.0667. The van der Waals surface area contributed by atoms with Gasteiger partial charge in [0.05, 0.1) is 11.9 Å². The molecular weight excluding hydrogens is 300 g/mol. The van der Waals surface area contributed by atoms with E-state index >= 15 is 0 Å². The molecule has 1 aromatic carbocycles. The number of pyridine rings is 1. The zero-order valence-electron chi connectivity index (χ0n) is 11.8. The molecule has 0 aliphatic heterocycles.